The lowest BCUT2D eigenvalue weighted by atomic mass is 9.77. The van der Waals surface area contributed by atoms with Gasteiger partial charge in [-0.15, -0.1) is 0 Å². The molecule has 1 saturated heterocycles. The van der Waals surface area contributed by atoms with Gasteiger partial charge < -0.3 is 14.6 Å². The van der Waals surface area contributed by atoms with Crippen molar-refractivity contribution in [2.75, 3.05) is 11.1 Å². The first-order valence-electron chi connectivity index (χ1n) is 9.12. The van der Waals surface area contributed by atoms with Gasteiger partial charge in [0.25, 0.3) is 11.7 Å². The minimum absolute atomic E-state index is 0.0228. The number of benzene rings is 1. The van der Waals surface area contributed by atoms with Gasteiger partial charge in [0.05, 0.1) is 22.5 Å². The van der Waals surface area contributed by atoms with Crippen molar-refractivity contribution < 1.29 is 23.7 Å². The molecule has 0 aliphatic carbocycles. The smallest absolute Gasteiger partial charge is 0.400 e. The second-order valence-corrected chi connectivity index (χ2v) is 9.24. The Bertz CT molecular complexity index is 890. The topological polar surface area (TPSA) is 81.7 Å². The van der Waals surface area contributed by atoms with Gasteiger partial charge in [0.15, 0.2) is 5.12 Å². The lowest BCUT2D eigenvalue weighted by Crippen LogP contribution is -2.41. The number of aryl methyl sites for hydroxylation is 1. The van der Waals surface area contributed by atoms with Crippen LogP contribution in [0.4, 0.5) is 5.69 Å². The molecule has 0 spiro atoms. The standard InChI is InChI=1S/C20H24BNO5S/c1-11-7-8-15-16(17(24)18(25)22-15)14(11)9-13(10-28-12(2)23)21-26-19(3,4)20(5,6)27-21/h7-9H,10H2,1-6H3,(H,22,24,25). The number of rotatable bonds is 4. The summed E-state index contributed by atoms with van der Waals surface area (Å²) in [7, 11) is -0.646. The molecule has 0 atom stereocenters. The molecule has 1 N–H and O–H groups in total. The molecule has 6 nitrogen and oxygen atoms in total. The van der Waals surface area contributed by atoms with E-state index in [0.29, 0.717) is 22.6 Å². The van der Waals surface area contributed by atoms with Crippen LogP contribution in [0.2, 0.25) is 0 Å². The summed E-state index contributed by atoms with van der Waals surface area (Å²) >= 11 is 1.15. The third-order valence-corrected chi connectivity index (χ3v) is 6.36. The highest BCUT2D eigenvalue weighted by Gasteiger charge is 2.52. The minimum atomic E-state index is -0.646. The van der Waals surface area contributed by atoms with Crippen LogP contribution in [0, 0.1) is 6.92 Å². The fourth-order valence-corrected chi connectivity index (χ4v) is 3.68. The van der Waals surface area contributed by atoms with Gasteiger partial charge in [0.2, 0.25) is 0 Å². The molecule has 3 rings (SSSR count). The maximum atomic E-state index is 12.4. The monoisotopic (exact) mass is 401 g/mol. The molecule has 0 unspecified atom stereocenters. The molecule has 148 valence electrons. The maximum absolute atomic E-state index is 12.4. The molecule has 2 aliphatic rings. The van der Waals surface area contributed by atoms with Crippen LogP contribution in [0.1, 0.15) is 56.1 Å². The molecule has 0 aromatic heterocycles. The Morgan fingerprint density at radius 2 is 1.79 bits per heavy atom. The van der Waals surface area contributed by atoms with Gasteiger partial charge >= 0.3 is 7.12 Å². The van der Waals surface area contributed by atoms with E-state index in [4.69, 9.17) is 9.31 Å². The molecule has 1 aromatic carbocycles. The number of hydrogen-bond acceptors (Lipinski definition) is 6. The van der Waals surface area contributed by atoms with E-state index in [1.165, 1.54) is 6.92 Å². The molecular weight excluding hydrogens is 377 g/mol. The fraction of sp³-hybridized carbons (Fsp3) is 0.450. The lowest BCUT2D eigenvalue weighted by molar-refractivity contribution is -0.112. The van der Waals surface area contributed by atoms with E-state index in [1.807, 2.05) is 46.8 Å². The number of carbonyl (C=O) groups is 3. The third-order valence-electron chi connectivity index (χ3n) is 5.47. The lowest BCUT2D eigenvalue weighted by Gasteiger charge is -2.32. The van der Waals surface area contributed by atoms with Gasteiger partial charge in [-0.1, -0.05) is 23.9 Å². The Hall–Kier alpha value is -1.90. The highest BCUT2D eigenvalue weighted by Crippen LogP contribution is 2.40. The van der Waals surface area contributed by atoms with Crippen molar-refractivity contribution >= 4 is 47.4 Å². The van der Waals surface area contributed by atoms with Crippen molar-refractivity contribution in [3.05, 3.63) is 34.3 Å². The quantitative estimate of drug-likeness (QED) is 0.615. The molecule has 28 heavy (non-hydrogen) atoms. The number of fused-ring (bicyclic) bond motifs is 1. The maximum Gasteiger partial charge on any atom is 0.491 e. The van der Waals surface area contributed by atoms with E-state index in [0.717, 1.165) is 22.8 Å². The number of carbonyl (C=O) groups excluding carboxylic acids is 3. The van der Waals surface area contributed by atoms with Crippen molar-refractivity contribution in [3.8, 4) is 0 Å². The highest BCUT2D eigenvalue weighted by molar-refractivity contribution is 8.13. The summed E-state index contributed by atoms with van der Waals surface area (Å²) in [5.41, 5.74) is 2.03. The van der Waals surface area contributed by atoms with Crippen LogP contribution in [0.25, 0.3) is 6.08 Å². The Balaban J connectivity index is 2.07. The number of hydrogen-bond donors (Lipinski definition) is 1. The van der Waals surface area contributed by atoms with Gasteiger partial charge in [0, 0.05) is 12.7 Å². The Morgan fingerprint density at radius 3 is 2.36 bits per heavy atom. The minimum Gasteiger partial charge on any atom is -0.400 e. The molecule has 1 aromatic rings. The largest absolute Gasteiger partial charge is 0.491 e. The summed E-state index contributed by atoms with van der Waals surface area (Å²) in [6.07, 6.45) is 1.82. The van der Waals surface area contributed by atoms with Gasteiger partial charge in [-0.3, -0.25) is 14.4 Å². The number of nitrogens with one attached hydrogen (secondary N) is 1. The summed E-state index contributed by atoms with van der Waals surface area (Å²) in [6.45, 7) is 11.2. The number of anilines is 1. The van der Waals surface area contributed by atoms with E-state index >= 15 is 0 Å². The van der Waals surface area contributed by atoms with Crippen molar-refractivity contribution in [1.82, 2.24) is 0 Å². The predicted octanol–water partition coefficient (Wildman–Crippen LogP) is 3.42. The first-order chi connectivity index (χ1) is 12.9. The van der Waals surface area contributed by atoms with Crippen molar-refractivity contribution in [3.63, 3.8) is 0 Å². The Morgan fingerprint density at radius 1 is 1.18 bits per heavy atom. The molecule has 2 heterocycles. The number of Topliss-reactive ketones (excluding diaryl/α,β-unsaturated/α-hetero) is 1. The molecule has 1 fully saturated rings. The SMILES string of the molecule is CC(=O)SCC(=Cc1c(C)ccc2c1C(=O)C(=O)N2)B1OC(C)(C)C(C)(C)O1. The summed E-state index contributed by atoms with van der Waals surface area (Å²) in [4.78, 5) is 35.8. The van der Waals surface area contributed by atoms with Gasteiger partial charge in [-0.2, -0.15) is 0 Å². The van der Waals surface area contributed by atoms with Crippen LogP contribution in [-0.2, 0) is 18.9 Å². The van der Waals surface area contributed by atoms with Gasteiger partial charge in [0.1, 0.15) is 0 Å². The fourth-order valence-electron chi connectivity index (χ4n) is 3.09. The first-order valence-corrected chi connectivity index (χ1v) is 10.1. The van der Waals surface area contributed by atoms with Gasteiger partial charge in [-0.05, 0) is 57.3 Å². The van der Waals surface area contributed by atoms with Crippen LogP contribution >= 0.6 is 11.8 Å². The van der Waals surface area contributed by atoms with E-state index < -0.39 is 30.0 Å². The zero-order valence-electron chi connectivity index (χ0n) is 17.0. The van der Waals surface area contributed by atoms with E-state index in [-0.39, 0.29) is 5.12 Å². The highest BCUT2D eigenvalue weighted by atomic mass is 32.2. The van der Waals surface area contributed by atoms with Crippen LogP contribution in [-0.4, -0.2) is 40.9 Å². The van der Waals surface area contributed by atoms with Crippen molar-refractivity contribution in [2.24, 2.45) is 0 Å². The molecule has 1 amide bonds. The van der Waals surface area contributed by atoms with Crippen LogP contribution in [0.3, 0.4) is 0 Å². The van der Waals surface area contributed by atoms with E-state index in [1.54, 1.807) is 6.07 Å². The zero-order chi connectivity index (χ0) is 20.9. The van der Waals surface area contributed by atoms with E-state index in [9.17, 15) is 14.4 Å². The van der Waals surface area contributed by atoms with Crippen molar-refractivity contribution in [1.29, 1.82) is 0 Å². The van der Waals surface area contributed by atoms with Crippen molar-refractivity contribution in [2.45, 2.75) is 52.7 Å². The molecular formula is C20H24BNO5S. The Labute approximate surface area is 169 Å². The van der Waals surface area contributed by atoms with E-state index in [2.05, 4.69) is 5.32 Å². The van der Waals surface area contributed by atoms with Crippen LogP contribution in [0.5, 0.6) is 0 Å². The third kappa shape index (κ3) is 3.68. The molecule has 8 heteroatoms. The second-order valence-electron chi connectivity index (χ2n) is 8.09. The summed E-state index contributed by atoms with van der Waals surface area (Å²) in [5.74, 6) is -0.826. The van der Waals surface area contributed by atoms with Crippen LogP contribution in [0.15, 0.2) is 17.6 Å². The summed E-state index contributed by atoms with van der Waals surface area (Å²) < 4.78 is 12.3. The molecule has 0 bridgehead atoms. The van der Waals surface area contributed by atoms with Gasteiger partial charge in [-0.25, -0.2) is 0 Å². The van der Waals surface area contributed by atoms with Crippen LogP contribution < -0.4 is 5.32 Å². The normalized spacial score (nSPS) is 20.4. The average Bonchev–Trinajstić information content (AvgIpc) is 2.98. The number of amides is 1. The molecule has 0 radical (unpaired) electrons. The number of thioether (sulfide) groups is 1. The average molecular weight is 401 g/mol. The first kappa shape index (κ1) is 20.8. The molecule has 2 aliphatic heterocycles. The second kappa shape index (κ2) is 7.17. The summed E-state index contributed by atoms with van der Waals surface area (Å²) in [6, 6.07) is 3.58. The Kier molecular flexibility index (Phi) is 5.33. The zero-order valence-corrected chi connectivity index (χ0v) is 17.8. The molecule has 0 saturated carbocycles. The summed E-state index contributed by atoms with van der Waals surface area (Å²) in [5, 5.41) is 2.57. The predicted molar refractivity (Wildman–Crippen MR) is 111 cm³/mol. The number of ketones is 1.